The lowest BCUT2D eigenvalue weighted by atomic mass is 10.1. The van der Waals surface area contributed by atoms with Crippen LogP contribution in [0.25, 0.3) is 0 Å². The van der Waals surface area contributed by atoms with Crippen molar-refractivity contribution >= 4 is 17.8 Å². The maximum Gasteiger partial charge on any atom is 0.229 e. The maximum atomic E-state index is 13.7. The lowest BCUT2D eigenvalue weighted by Gasteiger charge is -2.25. The van der Waals surface area contributed by atoms with Crippen molar-refractivity contribution in [2.24, 2.45) is 4.99 Å². The quantitative estimate of drug-likeness (QED) is 0.484. The van der Waals surface area contributed by atoms with Gasteiger partial charge in [-0.25, -0.2) is 4.39 Å². The Morgan fingerprint density at radius 2 is 2.00 bits per heavy atom. The second-order valence-electron chi connectivity index (χ2n) is 6.17. The average Bonchev–Trinajstić information content (AvgIpc) is 2.58. The van der Waals surface area contributed by atoms with Gasteiger partial charge in [-0.2, -0.15) is 0 Å². The molecule has 1 heterocycles. The molecule has 2 amide bonds. The number of imide groups is 1. The predicted octanol–water partition coefficient (Wildman–Crippen LogP) is 1.90. The summed E-state index contributed by atoms with van der Waals surface area (Å²) in [5.74, 6) is 0.0515. The van der Waals surface area contributed by atoms with Crippen molar-refractivity contribution in [1.29, 1.82) is 0 Å². The third-order valence-corrected chi connectivity index (χ3v) is 4.28. The minimum Gasteiger partial charge on any atom is -0.355 e. The molecule has 2 rings (SSSR count). The van der Waals surface area contributed by atoms with E-state index in [9.17, 15) is 14.0 Å². The molecule has 1 fully saturated rings. The molecule has 1 saturated heterocycles. The Morgan fingerprint density at radius 1 is 1.32 bits per heavy atom. The topological polar surface area (TPSA) is 73.8 Å². The second kappa shape index (κ2) is 8.60. The van der Waals surface area contributed by atoms with E-state index in [2.05, 4.69) is 15.6 Å². The fraction of sp³-hybridized carbons (Fsp3) is 0.500. The summed E-state index contributed by atoms with van der Waals surface area (Å²) in [6.07, 6.45) is 1.49. The first kappa shape index (κ1) is 18.9. The van der Waals surface area contributed by atoms with Crippen molar-refractivity contribution in [3.63, 3.8) is 0 Å². The Morgan fingerprint density at radius 3 is 2.60 bits per heavy atom. The van der Waals surface area contributed by atoms with E-state index in [1.165, 1.54) is 11.0 Å². The zero-order valence-electron chi connectivity index (χ0n) is 14.9. The first-order valence-corrected chi connectivity index (χ1v) is 8.48. The molecule has 1 unspecified atom stereocenters. The van der Waals surface area contributed by atoms with Gasteiger partial charge in [0.2, 0.25) is 11.8 Å². The van der Waals surface area contributed by atoms with Gasteiger partial charge in [0.15, 0.2) is 5.96 Å². The summed E-state index contributed by atoms with van der Waals surface area (Å²) in [4.78, 5) is 29.0. The Balaban J connectivity index is 1.86. The van der Waals surface area contributed by atoms with Crippen LogP contribution in [0.1, 0.15) is 43.4 Å². The number of hydrogen-bond acceptors (Lipinski definition) is 3. The summed E-state index contributed by atoms with van der Waals surface area (Å²) in [5, 5.41) is 6.26. The van der Waals surface area contributed by atoms with Gasteiger partial charge in [-0.15, -0.1) is 0 Å². The Labute approximate surface area is 147 Å². The van der Waals surface area contributed by atoms with Crippen LogP contribution < -0.4 is 10.6 Å². The summed E-state index contributed by atoms with van der Waals surface area (Å²) in [7, 11) is 1.63. The smallest absolute Gasteiger partial charge is 0.229 e. The molecule has 0 saturated carbocycles. The first-order valence-electron chi connectivity index (χ1n) is 8.48. The van der Waals surface area contributed by atoms with Gasteiger partial charge in [0.25, 0.3) is 0 Å². The van der Waals surface area contributed by atoms with Gasteiger partial charge in [-0.05, 0) is 37.5 Å². The van der Waals surface area contributed by atoms with E-state index in [-0.39, 0.29) is 23.7 Å². The lowest BCUT2D eigenvalue weighted by molar-refractivity contribution is -0.147. The minimum atomic E-state index is -0.240. The van der Waals surface area contributed by atoms with E-state index in [0.29, 0.717) is 43.9 Å². The number of halogens is 1. The number of amides is 2. The molecule has 136 valence electrons. The number of carbonyl (C=O) groups excluding carboxylic acids is 2. The van der Waals surface area contributed by atoms with E-state index in [1.807, 2.05) is 13.0 Å². The molecule has 0 aliphatic carbocycles. The standard InChI is InChI=1S/C18H25FN4O2/c1-12-7-8-14(11-15(12)19)13(2)22-18(20-3)21-9-10-23-16(24)5-4-6-17(23)25/h7-8,11,13H,4-6,9-10H2,1-3H3,(H2,20,21,22). The Bertz CT molecular complexity index is 659. The summed E-state index contributed by atoms with van der Waals surface area (Å²) >= 11 is 0. The Hall–Kier alpha value is -2.44. The summed E-state index contributed by atoms with van der Waals surface area (Å²) < 4.78 is 13.7. The van der Waals surface area contributed by atoms with Gasteiger partial charge in [0.05, 0.1) is 6.04 Å². The van der Waals surface area contributed by atoms with E-state index < -0.39 is 0 Å². The highest BCUT2D eigenvalue weighted by atomic mass is 19.1. The number of nitrogens with one attached hydrogen (secondary N) is 2. The molecule has 0 spiro atoms. The van der Waals surface area contributed by atoms with Crippen LogP contribution in [0.15, 0.2) is 23.2 Å². The largest absolute Gasteiger partial charge is 0.355 e. The number of guanidine groups is 1. The fourth-order valence-corrected chi connectivity index (χ4v) is 2.70. The van der Waals surface area contributed by atoms with E-state index >= 15 is 0 Å². The number of rotatable bonds is 5. The summed E-state index contributed by atoms with van der Waals surface area (Å²) in [6, 6.07) is 4.98. The molecule has 1 aromatic carbocycles. The molecule has 25 heavy (non-hydrogen) atoms. The second-order valence-corrected chi connectivity index (χ2v) is 6.17. The van der Waals surface area contributed by atoms with Crippen molar-refractivity contribution in [2.75, 3.05) is 20.1 Å². The number of nitrogens with zero attached hydrogens (tertiary/aromatic N) is 2. The zero-order chi connectivity index (χ0) is 18.4. The van der Waals surface area contributed by atoms with Crippen LogP contribution in [0.5, 0.6) is 0 Å². The molecule has 1 atom stereocenters. The molecule has 6 nitrogen and oxygen atoms in total. The number of piperidine rings is 1. The highest BCUT2D eigenvalue weighted by molar-refractivity contribution is 5.97. The number of aryl methyl sites for hydroxylation is 1. The molecule has 1 aliphatic heterocycles. The predicted molar refractivity (Wildman–Crippen MR) is 94.6 cm³/mol. The molecule has 7 heteroatoms. The SMILES string of the molecule is CN=C(NCCN1C(=O)CCCC1=O)NC(C)c1ccc(C)c(F)c1. The molecule has 0 radical (unpaired) electrons. The van der Waals surface area contributed by atoms with E-state index in [1.54, 1.807) is 20.0 Å². The van der Waals surface area contributed by atoms with E-state index in [0.717, 1.165) is 5.56 Å². The normalized spacial score (nSPS) is 16.8. The average molecular weight is 348 g/mol. The maximum absolute atomic E-state index is 13.7. The van der Waals surface area contributed by atoms with Gasteiger partial charge in [-0.1, -0.05) is 12.1 Å². The van der Waals surface area contributed by atoms with Crippen LogP contribution in [0, 0.1) is 12.7 Å². The van der Waals surface area contributed by atoms with Crippen molar-refractivity contribution < 1.29 is 14.0 Å². The third kappa shape index (κ3) is 5.01. The molecular formula is C18H25FN4O2. The fourth-order valence-electron chi connectivity index (χ4n) is 2.70. The highest BCUT2D eigenvalue weighted by Crippen LogP contribution is 2.16. The number of hydrogen-bond donors (Lipinski definition) is 2. The van der Waals surface area contributed by atoms with Crippen LogP contribution in [0.4, 0.5) is 4.39 Å². The van der Waals surface area contributed by atoms with Crippen LogP contribution >= 0.6 is 0 Å². The summed E-state index contributed by atoms with van der Waals surface area (Å²) in [5.41, 5.74) is 1.42. The van der Waals surface area contributed by atoms with Crippen LogP contribution in [-0.2, 0) is 9.59 Å². The number of carbonyl (C=O) groups is 2. The molecule has 2 N–H and O–H groups in total. The van der Waals surface area contributed by atoms with Crippen LogP contribution in [0.3, 0.4) is 0 Å². The van der Waals surface area contributed by atoms with Crippen LogP contribution in [0.2, 0.25) is 0 Å². The van der Waals surface area contributed by atoms with E-state index in [4.69, 9.17) is 0 Å². The van der Waals surface area contributed by atoms with Gasteiger partial charge >= 0.3 is 0 Å². The lowest BCUT2D eigenvalue weighted by Crippen LogP contribution is -2.46. The number of aliphatic imine (C=N–C) groups is 1. The van der Waals surface area contributed by atoms with Gasteiger partial charge < -0.3 is 10.6 Å². The summed E-state index contributed by atoms with van der Waals surface area (Å²) in [6.45, 7) is 4.35. The highest BCUT2D eigenvalue weighted by Gasteiger charge is 2.25. The molecule has 0 aromatic heterocycles. The zero-order valence-corrected chi connectivity index (χ0v) is 14.9. The van der Waals surface area contributed by atoms with Crippen molar-refractivity contribution in [2.45, 2.75) is 39.2 Å². The van der Waals surface area contributed by atoms with Crippen molar-refractivity contribution in [3.8, 4) is 0 Å². The number of benzene rings is 1. The minimum absolute atomic E-state index is 0.121. The first-order chi connectivity index (χ1) is 11.9. The van der Waals surface area contributed by atoms with Gasteiger partial charge in [0.1, 0.15) is 5.82 Å². The molecule has 1 aromatic rings. The molecular weight excluding hydrogens is 323 g/mol. The van der Waals surface area contributed by atoms with Gasteiger partial charge in [-0.3, -0.25) is 19.5 Å². The number of likely N-dealkylation sites (tertiary alicyclic amines) is 1. The van der Waals surface area contributed by atoms with Crippen molar-refractivity contribution in [1.82, 2.24) is 15.5 Å². The monoisotopic (exact) mass is 348 g/mol. The molecule has 0 bridgehead atoms. The van der Waals surface area contributed by atoms with Crippen molar-refractivity contribution in [3.05, 3.63) is 35.1 Å². The Kier molecular flexibility index (Phi) is 6.50. The van der Waals surface area contributed by atoms with Gasteiger partial charge in [0, 0.05) is 33.0 Å². The molecule has 1 aliphatic rings. The van der Waals surface area contributed by atoms with Crippen LogP contribution in [-0.4, -0.2) is 42.8 Å². The third-order valence-electron chi connectivity index (χ3n) is 4.28.